The lowest BCUT2D eigenvalue weighted by molar-refractivity contribution is 0.330. The Morgan fingerprint density at radius 3 is 1.55 bits per heavy atom. The second-order valence-electron chi connectivity index (χ2n) is 14.5. The van der Waals surface area contributed by atoms with Gasteiger partial charge in [0.15, 0.2) is 0 Å². The second kappa shape index (κ2) is 9.54. The molecule has 0 N–H and O–H groups in total. The molecule has 2 nitrogen and oxygen atoms in total. The highest BCUT2D eigenvalue weighted by molar-refractivity contribution is 5.82. The van der Waals surface area contributed by atoms with Crippen molar-refractivity contribution in [3.63, 3.8) is 0 Å². The van der Waals surface area contributed by atoms with Gasteiger partial charge in [-0.15, -0.1) is 0 Å². The predicted molar refractivity (Wildman–Crippen MR) is 174 cm³/mol. The fourth-order valence-corrected chi connectivity index (χ4v) is 6.01. The molecule has 2 heteroatoms. The highest BCUT2D eigenvalue weighted by Gasteiger charge is 2.51. The summed E-state index contributed by atoms with van der Waals surface area (Å²) in [5, 5.41) is 0. The van der Waals surface area contributed by atoms with Crippen LogP contribution in [-0.2, 0) is 16.2 Å². The van der Waals surface area contributed by atoms with E-state index < -0.39 is 0 Å². The van der Waals surface area contributed by atoms with Crippen molar-refractivity contribution in [1.29, 1.82) is 0 Å². The van der Waals surface area contributed by atoms with Crippen LogP contribution in [0.25, 0.3) is 0 Å². The summed E-state index contributed by atoms with van der Waals surface area (Å²) in [6, 6.07) is 36.1. The smallest absolute Gasteiger partial charge is 0.0487 e. The standard InChI is InChI=1S/C38H46N2/c1-35(2,3)27-18-22-29(23-19-27)39(30-24-20-28(21-25-30)36(4,5)6)31-14-13-15-32(26-31)40-34-17-12-11-16-33(34)37(7,8)38(40,9)10/h11-26H,1-10H3. The largest absolute Gasteiger partial charge is 0.335 e. The van der Waals surface area contributed by atoms with Crippen molar-refractivity contribution in [2.45, 2.75) is 91.0 Å². The van der Waals surface area contributed by atoms with E-state index in [4.69, 9.17) is 0 Å². The van der Waals surface area contributed by atoms with Crippen LogP contribution in [0, 0.1) is 0 Å². The van der Waals surface area contributed by atoms with E-state index in [1.807, 2.05) is 0 Å². The molecule has 0 radical (unpaired) electrons. The van der Waals surface area contributed by atoms with Crippen molar-refractivity contribution >= 4 is 28.4 Å². The molecule has 0 saturated carbocycles. The number of nitrogens with zero attached hydrogens (tertiary/aromatic N) is 2. The van der Waals surface area contributed by atoms with E-state index in [9.17, 15) is 0 Å². The van der Waals surface area contributed by atoms with Crippen LogP contribution < -0.4 is 9.80 Å². The van der Waals surface area contributed by atoms with Gasteiger partial charge in [-0.2, -0.15) is 0 Å². The average molecular weight is 531 g/mol. The summed E-state index contributed by atoms with van der Waals surface area (Å²) in [5.74, 6) is 0. The first-order valence-corrected chi connectivity index (χ1v) is 14.6. The molecule has 0 bridgehead atoms. The van der Waals surface area contributed by atoms with E-state index in [2.05, 4.69) is 176 Å². The van der Waals surface area contributed by atoms with Crippen LogP contribution in [0.5, 0.6) is 0 Å². The Morgan fingerprint density at radius 2 is 1.05 bits per heavy atom. The lowest BCUT2D eigenvalue weighted by atomic mass is 9.72. The van der Waals surface area contributed by atoms with Crippen molar-refractivity contribution in [2.75, 3.05) is 9.80 Å². The SMILES string of the molecule is CC(C)(C)c1ccc(N(c2ccc(C(C)(C)C)cc2)c2cccc(N3c4ccccc4C(C)(C)C3(C)C)c2)cc1. The fourth-order valence-electron chi connectivity index (χ4n) is 6.01. The number of hydrogen-bond donors (Lipinski definition) is 0. The van der Waals surface area contributed by atoms with E-state index in [1.165, 1.54) is 28.1 Å². The highest BCUT2D eigenvalue weighted by atomic mass is 15.2. The van der Waals surface area contributed by atoms with Gasteiger partial charge in [-0.05, 0) is 89.9 Å². The maximum absolute atomic E-state index is 2.54. The zero-order valence-electron chi connectivity index (χ0n) is 26.1. The molecule has 4 aromatic rings. The average Bonchev–Trinajstić information content (AvgIpc) is 3.05. The summed E-state index contributed by atoms with van der Waals surface area (Å²) < 4.78 is 0. The Morgan fingerprint density at radius 1 is 0.550 bits per heavy atom. The highest BCUT2D eigenvalue weighted by Crippen LogP contribution is 2.55. The first kappa shape index (κ1) is 28.0. The molecule has 0 amide bonds. The van der Waals surface area contributed by atoms with Gasteiger partial charge in [0.2, 0.25) is 0 Å². The third-order valence-corrected chi connectivity index (χ3v) is 9.24. The lowest BCUT2D eigenvalue weighted by Crippen LogP contribution is -2.48. The first-order valence-electron chi connectivity index (χ1n) is 14.6. The maximum Gasteiger partial charge on any atom is 0.0487 e. The maximum atomic E-state index is 2.54. The van der Waals surface area contributed by atoms with Gasteiger partial charge in [0.25, 0.3) is 0 Å². The molecule has 0 saturated heterocycles. The topological polar surface area (TPSA) is 6.48 Å². The molecule has 0 aliphatic carbocycles. The molecule has 0 unspecified atom stereocenters. The summed E-state index contributed by atoms with van der Waals surface area (Å²) in [6.07, 6.45) is 0. The van der Waals surface area contributed by atoms with Crippen LogP contribution in [-0.4, -0.2) is 5.54 Å². The van der Waals surface area contributed by atoms with Crippen molar-refractivity contribution < 1.29 is 0 Å². The van der Waals surface area contributed by atoms with Crippen LogP contribution in [0.3, 0.4) is 0 Å². The molecular formula is C38H46N2. The van der Waals surface area contributed by atoms with Crippen LogP contribution in [0.15, 0.2) is 97.1 Å². The number of rotatable bonds is 4. The molecule has 208 valence electrons. The van der Waals surface area contributed by atoms with Gasteiger partial charge < -0.3 is 9.80 Å². The van der Waals surface area contributed by atoms with Crippen molar-refractivity contribution in [2.24, 2.45) is 0 Å². The minimum atomic E-state index is -0.0944. The van der Waals surface area contributed by atoms with E-state index >= 15 is 0 Å². The molecule has 40 heavy (non-hydrogen) atoms. The van der Waals surface area contributed by atoms with Gasteiger partial charge in [-0.3, -0.25) is 0 Å². The van der Waals surface area contributed by atoms with Crippen molar-refractivity contribution in [3.8, 4) is 0 Å². The van der Waals surface area contributed by atoms with Gasteiger partial charge in [0, 0.05) is 39.4 Å². The minimum absolute atomic E-state index is 0.00482. The Balaban J connectivity index is 1.65. The summed E-state index contributed by atoms with van der Waals surface area (Å²) in [4.78, 5) is 4.93. The summed E-state index contributed by atoms with van der Waals surface area (Å²) in [6.45, 7) is 23.1. The predicted octanol–water partition coefficient (Wildman–Crippen LogP) is 11.0. The van der Waals surface area contributed by atoms with Crippen molar-refractivity contribution in [1.82, 2.24) is 0 Å². The van der Waals surface area contributed by atoms with E-state index in [1.54, 1.807) is 0 Å². The zero-order valence-corrected chi connectivity index (χ0v) is 26.1. The summed E-state index contributed by atoms with van der Waals surface area (Å²) in [7, 11) is 0. The van der Waals surface area contributed by atoms with E-state index in [-0.39, 0.29) is 21.8 Å². The van der Waals surface area contributed by atoms with E-state index in [0.29, 0.717) is 0 Å². The monoisotopic (exact) mass is 530 g/mol. The first-order chi connectivity index (χ1) is 18.6. The molecule has 0 spiro atoms. The number of benzene rings is 4. The third-order valence-electron chi connectivity index (χ3n) is 9.24. The quantitative estimate of drug-likeness (QED) is 0.259. The molecule has 5 rings (SSSR count). The molecule has 1 aliphatic heterocycles. The summed E-state index contributed by atoms with van der Waals surface area (Å²) >= 11 is 0. The number of para-hydroxylation sites is 1. The fraction of sp³-hybridized carbons (Fsp3) is 0.368. The van der Waals surface area contributed by atoms with Gasteiger partial charge in [0.05, 0.1) is 0 Å². The number of hydrogen-bond acceptors (Lipinski definition) is 2. The minimum Gasteiger partial charge on any atom is -0.335 e. The Hall–Kier alpha value is -3.52. The Labute approximate surface area is 242 Å². The molecular weight excluding hydrogens is 484 g/mol. The lowest BCUT2D eigenvalue weighted by Gasteiger charge is -2.43. The molecule has 0 atom stereocenters. The van der Waals surface area contributed by atoms with Gasteiger partial charge in [0.1, 0.15) is 0 Å². The second-order valence-corrected chi connectivity index (χ2v) is 14.5. The van der Waals surface area contributed by atoms with Gasteiger partial charge >= 0.3 is 0 Å². The van der Waals surface area contributed by atoms with Gasteiger partial charge in [-0.1, -0.05) is 104 Å². The van der Waals surface area contributed by atoms with Crippen LogP contribution in [0.1, 0.15) is 85.9 Å². The molecule has 4 aromatic carbocycles. The zero-order chi connectivity index (χ0) is 29.1. The molecule has 0 fully saturated rings. The van der Waals surface area contributed by atoms with Crippen LogP contribution in [0.4, 0.5) is 28.4 Å². The van der Waals surface area contributed by atoms with E-state index in [0.717, 1.165) is 17.1 Å². The van der Waals surface area contributed by atoms with Crippen molar-refractivity contribution in [3.05, 3.63) is 114 Å². The molecule has 1 heterocycles. The van der Waals surface area contributed by atoms with Crippen LogP contribution in [0.2, 0.25) is 0 Å². The normalized spacial score (nSPS) is 16.1. The van der Waals surface area contributed by atoms with Crippen LogP contribution >= 0.6 is 0 Å². The molecule has 0 aromatic heterocycles. The summed E-state index contributed by atoms with van der Waals surface area (Å²) in [5.41, 5.74) is 10.2. The van der Waals surface area contributed by atoms with Gasteiger partial charge in [-0.25, -0.2) is 0 Å². The molecule has 1 aliphatic rings. The number of fused-ring (bicyclic) bond motifs is 1. The third kappa shape index (κ3) is 4.72. The Kier molecular flexibility index (Phi) is 6.69. The Bertz CT molecular complexity index is 1440. The number of anilines is 5.